The number of carbonyl (C=O) groups excluding carboxylic acids is 1. The Bertz CT molecular complexity index is 478. The van der Waals surface area contributed by atoms with E-state index in [9.17, 15) is 4.79 Å². The zero-order valence-corrected chi connectivity index (χ0v) is 15.7. The molecule has 1 heterocycles. The smallest absolute Gasteiger partial charge is 0.411 e. The molecule has 0 spiro atoms. The highest BCUT2D eigenvalue weighted by atomic mass is 35.5. The number of ether oxygens (including phenoxy) is 3. The lowest BCUT2D eigenvalue weighted by atomic mass is 10.3. The molecule has 0 bridgehead atoms. The Labute approximate surface area is 156 Å². The van der Waals surface area contributed by atoms with Crippen LogP contribution in [-0.2, 0) is 9.47 Å². The summed E-state index contributed by atoms with van der Waals surface area (Å²) in [6.07, 6.45) is 2.67. The Kier molecular flexibility index (Phi) is 11.0. The van der Waals surface area contributed by atoms with Gasteiger partial charge in [-0.05, 0) is 30.7 Å². The summed E-state index contributed by atoms with van der Waals surface area (Å²) in [5.41, 5.74) is 0.705. The maximum absolute atomic E-state index is 11.6. The van der Waals surface area contributed by atoms with Crippen molar-refractivity contribution in [3.05, 3.63) is 24.3 Å². The number of nitrogens with one attached hydrogen (secondary N) is 1. The lowest BCUT2D eigenvalue weighted by molar-refractivity contribution is 0.0322. The van der Waals surface area contributed by atoms with Crippen molar-refractivity contribution in [3.63, 3.8) is 0 Å². The SMILES string of the molecule is CCCCCOC(=O)Nc1ccc(OCCN2CCOCC2)cc1.Cl. The van der Waals surface area contributed by atoms with Crippen LogP contribution < -0.4 is 10.1 Å². The highest BCUT2D eigenvalue weighted by molar-refractivity contribution is 5.85. The van der Waals surface area contributed by atoms with E-state index in [1.54, 1.807) is 0 Å². The molecule has 7 heteroatoms. The maximum Gasteiger partial charge on any atom is 0.411 e. The molecular weight excluding hydrogens is 344 g/mol. The van der Waals surface area contributed by atoms with Crippen molar-refractivity contribution in [2.45, 2.75) is 26.2 Å². The number of hydrogen-bond acceptors (Lipinski definition) is 5. The maximum atomic E-state index is 11.6. The van der Waals surface area contributed by atoms with E-state index in [1.807, 2.05) is 24.3 Å². The van der Waals surface area contributed by atoms with Crippen LogP contribution >= 0.6 is 12.4 Å². The number of benzene rings is 1. The van der Waals surface area contributed by atoms with Crippen molar-refractivity contribution in [2.24, 2.45) is 0 Å². The molecule has 0 saturated carbocycles. The Morgan fingerprint density at radius 1 is 1.16 bits per heavy atom. The van der Waals surface area contributed by atoms with Crippen LogP contribution in [0.25, 0.3) is 0 Å². The number of carbonyl (C=O) groups is 1. The highest BCUT2D eigenvalue weighted by Crippen LogP contribution is 2.16. The molecule has 142 valence electrons. The minimum Gasteiger partial charge on any atom is -0.492 e. The summed E-state index contributed by atoms with van der Waals surface area (Å²) in [5, 5.41) is 2.72. The van der Waals surface area contributed by atoms with Crippen molar-refractivity contribution in [3.8, 4) is 5.75 Å². The molecule has 1 aromatic carbocycles. The third-order valence-corrected chi connectivity index (χ3v) is 3.86. The van der Waals surface area contributed by atoms with Crippen molar-refractivity contribution in [1.29, 1.82) is 0 Å². The van der Waals surface area contributed by atoms with Gasteiger partial charge in [0.2, 0.25) is 0 Å². The van der Waals surface area contributed by atoms with Gasteiger partial charge in [0.1, 0.15) is 12.4 Å². The second-order valence-electron chi connectivity index (χ2n) is 5.79. The third kappa shape index (κ3) is 8.95. The van der Waals surface area contributed by atoms with Gasteiger partial charge in [0.25, 0.3) is 0 Å². The first-order valence-electron chi connectivity index (χ1n) is 8.74. The van der Waals surface area contributed by atoms with Crippen LogP contribution in [0.15, 0.2) is 24.3 Å². The van der Waals surface area contributed by atoms with Gasteiger partial charge in [-0.15, -0.1) is 12.4 Å². The second kappa shape index (κ2) is 12.8. The standard InChI is InChI=1S/C18H28N2O4.ClH/c1-2-3-4-12-24-18(21)19-16-5-7-17(8-6-16)23-15-11-20-9-13-22-14-10-20;/h5-8H,2-4,9-15H2,1H3,(H,19,21);1H. The van der Waals surface area contributed by atoms with E-state index in [4.69, 9.17) is 14.2 Å². The fourth-order valence-electron chi connectivity index (χ4n) is 2.42. The lowest BCUT2D eigenvalue weighted by Gasteiger charge is -2.26. The fraction of sp³-hybridized carbons (Fsp3) is 0.611. The average molecular weight is 373 g/mol. The number of halogens is 1. The monoisotopic (exact) mass is 372 g/mol. The molecule has 25 heavy (non-hydrogen) atoms. The van der Waals surface area contributed by atoms with Gasteiger partial charge in [-0.3, -0.25) is 10.2 Å². The summed E-state index contributed by atoms with van der Waals surface area (Å²) in [7, 11) is 0. The lowest BCUT2D eigenvalue weighted by Crippen LogP contribution is -2.38. The van der Waals surface area contributed by atoms with Crippen LogP contribution in [0.3, 0.4) is 0 Å². The summed E-state index contributed by atoms with van der Waals surface area (Å²) < 4.78 is 16.2. The molecule has 0 unspecified atom stereocenters. The van der Waals surface area contributed by atoms with Crippen LogP contribution in [-0.4, -0.2) is 57.1 Å². The van der Waals surface area contributed by atoms with Gasteiger partial charge in [-0.2, -0.15) is 0 Å². The molecule has 6 nitrogen and oxygen atoms in total. The minimum absolute atomic E-state index is 0. The van der Waals surface area contributed by atoms with Crippen molar-refractivity contribution >= 4 is 24.2 Å². The molecule has 0 radical (unpaired) electrons. The minimum atomic E-state index is -0.410. The largest absolute Gasteiger partial charge is 0.492 e. The van der Waals surface area contributed by atoms with Gasteiger partial charge in [0.15, 0.2) is 0 Å². The van der Waals surface area contributed by atoms with Crippen LogP contribution in [0, 0.1) is 0 Å². The molecule has 0 aliphatic carbocycles. The van der Waals surface area contributed by atoms with E-state index in [0.29, 0.717) is 18.9 Å². The molecule has 0 atom stereocenters. The molecule has 2 rings (SSSR count). The highest BCUT2D eigenvalue weighted by Gasteiger charge is 2.09. The van der Waals surface area contributed by atoms with Crippen LogP contribution in [0.5, 0.6) is 5.75 Å². The molecule has 1 aromatic rings. The summed E-state index contributed by atoms with van der Waals surface area (Å²) in [5.74, 6) is 0.796. The zero-order chi connectivity index (χ0) is 17.0. The predicted molar refractivity (Wildman–Crippen MR) is 101 cm³/mol. The summed E-state index contributed by atoms with van der Waals surface area (Å²) >= 11 is 0. The van der Waals surface area contributed by atoms with Gasteiger partial charge in [0.05, 0.1) is 19.8 Å². The number of anilines is 1. The van der Waals surface area contributed by atoms with E-state index in [0.717, 1.165) is 57.9 Å². The van der Waals surface area contributed by atoms with Crippen LogP contribution in [0.4, 0.5) is 10.5 Å². The van der Waals surface area contributed by atoms with Gasteiger partial charge in [-0.1, -0.05) is 19.8 Å². The number of hydrogen-bond donors (Lipinski definition) is 1. The molecule has 1 fully saturated rings. The van der Waals surface area contributed by atoms with Crippen molar-refractivity contribution in [2.75, 3.05) is 51.4 Å². The topological polar surface area (TPSA) is 60.0 Å². The Balaban J connectivity index is 0.00000312. The quantitative estimate of drug-likeness (QED) is 0.671. The molecule has 0 aromatic heterocycles. The van der Waals surface area contributed by atoms with E-state index >= 15 is 0 Å². The number of nitrogens with zero attached hydrogens (tertiary/aromatic N) is 1. The first-order valence-corrected chi connectivity index (χ1v) is 8.74. The Morgan fingerprint density at radius 3 is 2.56 bits per heavy atom. The molecule has 1 aliphatic heterocycles. The van der Waals surface area contributed by atoms with Gasteiger partial charge >= 0.3 is 6.09 Å². The Hall–Kier alpha value is -1.50. The van der Waals surface area contributed by atoms with Gasteiger partial charge < -0.3 is 14.2 Å². The molecule has 1 N–H and O–H groups in total. The number of unbranched alkanes of at least 4 members (excludes halogenated alkanes) is 2. The van der Waals surface area contributed by atoms with Crippen molar-refractivity contribution < 1.29 is 19.0 Å². The number of amides is 1. The summed E-state index contributed by atoms with van der Waals surface area (Å²) in [6.45, 7) is 7.65. The van der Waals surface area contributed by atoms with E-state index < -0.39 is 6.09 Å². The van der Waals surface area contributed by atoms with E-state index in [1.165, 1.54) is 0 Å². The average Bonchev–Trinajstić information content (AvgIpc) is 2.61. The van der Waals surface area contributed by atoms with Gasteiger partial charge in [-0.25, -0.2) is 4.79 Å². The normalized spacial score (nSPS) is 14.4. The third-order valence-electron chi connectivity index (χ3n) is 3.86. The molecule has 1 amide bonds. The molecule has 1 aliphatic rings. The van der Waals surface area contributed by atoms with E-state index in [2.05, 4.69) is 17.1 Å². The predicted octanol–water partition coefficient (Wildman–Crippen LogP) is 3.56. The molecular formula is C18H29ClN2O4. The van der Waals surface area contributed by atoms with Crippen molar-refractivity contribution in [1.82, 2.24) is 4.90 Å². The number of rotatable bonds is 9. The number of morpholine rings is 1. The van der Waals surface area contributed by atoms with Gasteiger partial charge in [0, 0.05) is 25.3 Å². The first kappa shape index (κ1) is 21.5. The zero-order valence-electron chi connectivity index (χ0n) is 14.9. The Morgan fingerprint density at radius 2 is 1.88 bits per heavy atom. The fourth-order valence-corrected chi connectivity index (χ4v) is 2.42. The molecule has 1 saturated heterocycles. The summed E-state index contributed by atoms with van der Waals surface area (Å²) in [4.78, 5) is 14.0. The van der Waals surface area contributed by atoms with Crippen LogP contribution in [0.1, 0.15) is 26.2 Å². The van der Waals surface area contributed by atoms with E-state index in [-0.39, 0.29) is 12.4 Å². The first-order chi connectivity index (χ1) is 11.8. The second-order valence-corrected chi connectivity index (χ2v) is 5.79. The van der Waals surface area contributed by atoms with Crippen LogP contribution in [0.2, 0.25) is 0 Å². The summed E-state index contributed by atoms with van der Waals surface area (Å²) in [6, 6.07) is 7.34.